The normalized spacial score (nSPS) is 11.6. The van der Waals surface area contributed by atoms with Gasteiger partial charge in [-0.15, -0.1) is 0 Å². The second kappa shape index (κ2) is 7.89. The lowest BCUT2D eigenvalue weighted by Gasteiger charge is -2.20. The molecule has 5 rings (SSSR count). The van der Waals surface area contributed by atoms with E-state index < -0.39 is 0 Å². The number of hydrogen-bond acceptors (Lipinski definition) is 3. The quantitative estimate of drug-likeness (QED) is 0.430. The molecule has 2 N–H and O–H groups in total. The number of aromatic nitrogens is 4. The molecule has 0 saturated carbocycles. The van der Waals surface area contributed by atoms with E-state index in [2.05, 4.69) is 57.3 Å². The Morgan fingerprint density at radius 1 is 0.621 bits per heavy atom. The van der Waals surface area contributed by atoms with Crippen molar-refractivity contribution < 1.29 is 0 Å². The summed E-state index contributed by atoms with van der Waals surface area (Å²) in [5.41, 5.74) is 5.51. The van der Waals surface area contributed by atoms with Crippen molar-refractivity contribution in [1.29, 1.82) is 0 Å². The van der Waals surface area contributed by atoms with E-state index >= 15 is 0 Å². The van der Waals surface area contributed by atoms with Gasteiger partial charge in [0, 0.05) is 6.54 Å². The lowest BCUT2D eigenvalue weighted by atomic mass is 10.1. The van der Waals surface area contributed by atoms with Crippen molar-refractivity contribution in [3.8, 4) is 0 Å². The third-order valence-electron chi connectivity index (χ3n) is 5.18. The summed E-state index contributed by atoms with van der Waals surface area (Å²) < 4.78 is 0. The second-order valence-electron chi connectivity index (χ2n) is 7.35. The first-order chi connectivity index (χ1) is 14.3. The Kier molecular flexibility index (Phi) is 4.80. The van der Waals surface area contributed by atoms with E-state index in [-0.39, 0.29) is 0 Å². The standard InChI is InChI=1S/C24H23N5/c1-2-8-18(9-3-1)14-15-29(16-23-25-19-10-4-5-11-20(19)26-23)17-24-27-21-12-6-7-13-22(21)28-24/h1-13H,14-17H2,(H,25,26)(H,27,28). The van der Waals surface area contributed by atoms with Gasteiger partial charge in [0.2, 0.25) is 0 Å². The highest BCUT2D eigenvalue weighted by Crippen LogP contribution is 2.16. The van der Waals surface area contributed by atoms with Crippen LogP contribution < -0.4 is 0 Å². The van der Waals surface area contributed by atoms with E-state index in [1.165, 1.54) is 5.56 Å². The summed E-state index contributed by atoms with van der Waals surface area (Å²) in [6.07, 6.45) is 0.987. The minimum atomic E-state index is 0.749. The smallest absolute Gasteiger partial charge is 0.121 e. The summed E-state index contributed by atoms with van der Waals surface area (Å²) in [5, 5.41) is 0. The molecule has 0 aliphatic rings. The maximum atomic E-state index is 4.76. The van der Waals surface area contributed by atoms with Gasteiger partial charge in [-0.05, 0) is 36.2 Å². The summed E-state index contributed by atoms with van der Waals surface area (Å²) in [7, 11) is 0. The number of fused-ring (bicyclic) bond motifs is 2. The van der Waals surface area contributed by atoms with Crippen molar-refractivity contribution in [2.75, 3.05) is 6.54 Å². The second-order valence-corrected chi connectivity index (χ2v) is 7.35. The first-order valence-corrected chi connectivity index (χ1v) is 9.97. The molecule has 0 spiro atoms. The molecule has 0 fully saturated rings. The minimum Gasteiger partial charge on any atom is -0.341 e. The third kappa shape index (κ3) is 4.05. The highest BCUT2D eigenvalue weighted by atomic mass is 15.2. The molecular weight excluding hydrogens is 358 g/mol. The zero-order chi connectivity index (χ0) is 19.5. The van der Waals surface area contributed by atoms with Crippen LogP contribution in [0.2, 0.25) is 0 Å². The monoisotopic (exact) mass is 381 g/mol. The molecule has 0 unspecified atom stereocenters. The molecule has 5 aromatic rings. The Balaban J connectivity index is 1.38. The van der Waals surface area contributed by atoms with Crippen LogP contribution in [0.5, 0.6) is 0 Å². The maximum Gasteiger partial charge on any atom is 0.121 e. The van der Waals surface area contributed by atoms with Gasteiger partial charge in [-0.3, -0.25) is 4.90 Å². The highest BCUT2D eigenvalue weighted by Gasteiger charge is 2.13. The number of rotatable bonds is 7. The fraction of sp³-hybridized carbons (Fsp3) is 0.167. The van der Waals surface area contributed by atoms with Crippen molar-refractivity contribution in [2.24, 2.45) is 0 Å². The zero-order valence-corrected chi connectivity index (χ0v) is 16.2. The van der Waals surface area contributed by atoms with E-state index in [9.17, 15) is 0 Å². The number of para-hydroxylation sites is 4. The number of aromatic amines is 2. The van der Waals surface area contributed by atoms with E-state index in [0.717, 1.165) is 59.8 Å². The van der Waals surface area contributed by atoms with Crippen LogP contribution in [0.1, 0.15) is 17.2 Å². The SMILES string of the molecule is c1ccc(CCN(Cc2nc3ccccc3[nH]2)Cc2nc3ccccc3[nH]2)cc1. The van der Waals surface area contributed by atoms with E-state index in [1.54, 1.807) is 0 Å². The molecule has 0 aliphatic heterocycles. The minimum absolute atomic E-state index is 0.749. The fourth-order valence-corrected chi connectivity index (χ4v) is 3.73. The largest absolute Gasteiger partial charge is 0.341 e. The lowest BCUT2D eigenvalue weighted by molar-refractivity contribution is 0.249. The average molecular weight is 381 g/mol. The van der Waals surface area contributed by atoms with E-state index in [4.69, 9.17) is 9.97 Å². The summed E-state index contributed by atoms with van der Waals surface area (Å²) in [4.78, 5) is 18.8. The molecule has 0 bridgehead atoms. The van der Waals surface area contributed by atoms with Crippen LogP contribution in [0.25, 0.3) is 22.1 Å². The number of nitrogens with one attached hydrogen (secondary N) is 2. The van der Waals surface area contributed by atoms with Gasteiger partial charge in [0.15, 0.2) is 0 Å². The molecule has 0 amide bonds. The fourth-order valence-electron chi connectivity index (χ4n) is 3.73. The van der Waals surface area contributed by atoms with Crippen molar-refractivity contribution in [1.82, 2.24) is 24.8 Å². The molecule has 5 nitrogen and oxygen atoms in total. The van der Waals surface area contributed by atoms with Crippen LogP contribution in [0, 0.1) is 0 Å². The summed E-state index contributed by atoms with van der Waals surface area (Å²) in [6, 6.07) is 27.0. The molecule has 29 heavy (non-hydrogen) atoms. The molecule has 0 aliphatic carbocycles. The average Bonchev–Trinajstić information content (AvgIpc) is 3.35. The molecule has 0 atom stereocenters. The molecule has 2 heterocycles. The number of hydrogen-bond donors (Lipinski definition) is 2. The molecule has 5 heteroatoms. The lowest BCUT2D eigenvalue weighted by Crippen LogP contribution is -2.26. The van der Waals surface area contributed by atoms with Gasteiger partial charge in [-0.25, -0.2) is 9.97 Å². The Hall–Kier alpha value is -3.44. The summed E-state index contributed by atoms with van der Waals surface area (Å²) >= 11 is 0. The molecular formula is C24H23N5. The van der Waals surface area contributed by atoms with Crippen LogP contribution in [-0.2, 0) is 19.5 Å². The van der Waals surface area contributed by atoms with E-state index in [0.29, 0.717) is 0 Å². The first kappa shape index (κ1) is 17.6. The topological polar surface area (TPSA) is 60.6 Å². The zero-order valence-electron chi connectivity index (χ0n) is 16.2. The number of nitrogens with zero attached hydrogens (tertiary/aromatic N) is 3. The van der Waals surface area contributed by atoms with Crippen LogP contribution >= 0.6 is 0 Å². The Morgan fingerprint density at radius 3 is 1.69 bits per heavy atom. The van der Waals surface area contributed by atoms with Crippen LogP contribution in [0.4, 0.5) is 0 Å². The van der Waals surface area contributed by atoms with Crippen molar-refractivity contribution >= 4 is 22.1 Å². The van der Waals surface area contributed by atoms with Gasteiger partial charge < -0.3 is 9.97 Å². The number of imidazole rings is 2. The molecule has 3 aromatic carbocycles. The van der Waals surface area contributed by atoms with Gasteiger partial charge in [-0.1, -0.05) is 54.6 Å². The molecule has 2 aromatic heterocycles. The number of benzene rings is 3. The predicted octanol–water partition coefficient (Wildman–Crippen LogP) is 4.68. The first-order valence-electron chi connectivity index (χ1n) is 9.97. The van der Waals surface area contributed by atoms with Gasteiger partial charge in [0.25, 0.3) is 0 Å². The van der Waals surface area contributed by atoms with Gasteiger partial charge >= 0.3 is 0 Å². The number of H-pyrrole nitrogens is 2. The van der Waals surface area contributed by atoms with E-state index in [1.807, 2.05) is 36.4 Å². The third-order valence-corrected chi connectivity index (χ3v) is 5.18. The predicted molar refractivity (Wildman–Crippen MR) is 116 cm³/mol. The van der Waals surface area contributed by atoms with Gasteiger partial charge in [-0.2, -0.15) is 0 Å². The highest BCUT2D eigenvalue weighted by molar-refractivity contribution is 5.75. The van der Waals surface area contributed by atoms with Crippen LogP contribution in [0.15, 0.2) is 78.9 Å². The van der Waals surface area contributed by atoms with Gasteiger partial charge in [0.1, 0.15) is 11.6 Å². The van der Waals surface area contributed by atoms with Gasteiger partial charge in [0.05, 0.1) is 35.2 Å². The Bertz CT molecular complexity index is 1080. The summed E-state index contributed by atoms with van der Waals surface area (Å²) in [6.45, 7) is 2.43. The Labute approximate surface area is 169 Å². The van der Waals surface area contributed by atoms with Crippen LogP contribution in [-0.4, -0.2) is 31.4 Å². The Morgan fingerprint density at radius 2 is 1.14 bits per heavy atom. The van der Waals surface area contributed by atoms with Crippen molar-refractivity contribution in [3.05, 3.63) is 96.1 Å². The van der Waals surface area contributed by atoms with Crippen molar-refractivity contribution in [3.63, 3.8) is 0 Å². The van der Waals surface area contributed by atoms with Crippen LogP contribution in [0.3, 0.4) is 0 Å². The molecule has 0 saturated heterocycles. The van der Waals surface area contributed by atoms with Crippen molar-refractivity contribution in [2.45, 2.75) is 19.5 Å². The molecule has 144 valence electrons. The maximum absolute atomic E-state index is 4.76. The summed E-state index contributed by atoms with van der Waals surface area (Å²) in [5.74, 6) is 1.96. The molecule has 0 radical (unpaired) electrons.